The number of fused-ring (bicyclic) bond motifs is 2. The average Bonchev–Trinajstić information content (AvgIpc) is 3.45. The number of nitrogens with two attached hydrogens (primary N) is 1. The van der Waals surface area contributed by atoms with Crippen LogP contribution in [-0.2, 0) is 23.0 Å². The number of ether oxygens (including phenoxy) is 1. The van der Waals surface area contributed by atoms with Crippen molar-refractivity contribution in [2.75, 3.05) is 31.7 Å². The molecular weight excluding hydrogens is 563 g/mol. The van der Waals surface area contributed by atoms with Crippen LogP contribution in [-0.4, -0.2) is 58.2 Å². The Morgan fingerprint density at radius 3 is 2.97 bits per heavy atom. The quantitative estimate of drug-likeness (QED) is 0.439. The lowest BCUT2D eigenvalue weighted by Gasteiger charge is -2.15. The van der Waals surface area contributed by atoms with Crippen molar-refractivity contribution in [2.24, 2.45) is 5.92 Å². The molecule has 0 radical (unpaired) electrons. The van der Waals surface area contributed by atoms with Gasteiger partial charge in [0.25, 0.3) is 0 Å². The van der Waals surface area contributed by atoms with Crippen LogP contribution in [0.25, 0.3) is 11.2 Å². The summed E-state index contributed by atoms with van der Waals surface area (Å²) in [6, 6.07) is 4.25. The molecule has 4 heterocycles. The molecule has 2 N–H and O–H groups in total. The Bertz CT molecular complexity index is 1300. The highest BCUT2D eigenvalue weighted by Gasteiger charge is 2.29. The minimum atomic E-state index is -3.15. The molecule has 1 saturated heterocycles. The van der Waals surface area contributed by atoms with Gasteiger partial charge in [-0.3, -0.25) is 0 Å². The number of rotatable bonds is 6. The lowest BCUT2D eigenvalue weighted by atomic mass is 10.1. The smallest absolute Gasteiger partial charge is 0.211 e. The fourth-order valence-corrected chi connectivity index (χ4v) is 6.94. The summed E-state index contributed by atoms with van der Waals surface area (Å²) in [5, 5.41) is 0.793. The lowest BCUT2D eigenvalue weighted by Crippen LogP contribution is -2.27. The maximum absolute atomic E-state index is 11.9. The topological polar surface area (TPSA) is 116 Å². The van der Waals surface area contributed by atoms with Gasteiger partial charge in [-0.05, 0) is 59.0 Å². The number of aromatic nitrogens is 4. The molecule has 3 aromatic rings. The predicted molar refractivity (Wildman–Crippen MR) is 131 cm³/mol. The first-order valence-electron chi connectivity index (χ1n) is 10.3. The standard InChI is InChI=1S/C20H23IN6O3S2/c1-32(28,29)26-5-2-12(10-26)3-6-27-19-17(18(22)23-11-24-19)25-20(27)31-16-9-15-13(4-7-30-15)8-14(16)21/h8-9,11-12H,2-7,10H2,1H3,(H2,22,23,24). The van der Waals surface area contributed by atoms with Gasteiger partial charge >= 0.3 is 0 Å². The second-order valence-electron chi connectivity index (χ2n) is 8.13. The Hall–Kier alpha value is -1.64. The van der Waals surface area contributed by atoms with Crippen molar-refractivity contribution in [1.29, 1.82) is 0 Å². The van der Waals surface area contributed by atoms with Crippen LogP contribution in [0.2, 0.25) is 0 Å². The van der Waals surface area contributed by atoms with Gasteiger partial charge in [-0.15, -0.1) is 0 Å². The number of hydrogen-bond acceptors (Lipinski definition) is 8. The Balaban J connectivity index is 1.43. The lowest BCUT2D eigenvalue weighted by molar-refractivity contribution is 0.356. The number of halogens is 1. The van der Waals surface area contributed by atoms with Gasteiger partial charge in [0.15, 0.2) is 22.1 Å². The summed E-state index contributed by atoms with van der Waals surface area (Å²) in [5.41, 5.74) is 8.61. The Kier molecular flexibility index (Phi) is 5.97. The van der Waals surface area contributed by atoms with Crippen LogP contribution in [0.3, 0.4) is 0 Å². The van der Waals surface area contributed by atoms with E-state index < -0.39 is 10.0 Å². The summed E-state index contributed by atoms with van der Waals surface area (Å²) in [7, 11) is -3.15. The first kappa shape index (κ1) is 22.2. The summed E-state index contributed by atoms with van der Waals surface area (Å²) in [4.78, 5) is 14.4. The van der Waals surface area contributed by atoms with Crippen molar-refractivity contribution in [3.8, 4) is 5.75 Å². The number of benzene rings is 1. The van der Waals surface area contributed by atoms with Gasteiger partial charge < -0.3 is 15.0 Å². The molecule has 9 nitrogen and oxygen atoms in total. The summed E-state index contributed by atoms with van der Waals surface area (Å²) in [6.45, 7) is 2.54. The van der Waals surface area contributed by atoms with Crippen molar-refractivity contribution in [3.05, 3.63) is 27.6 Å². The molecule has 1 atom stereocenters. The number of sulfonamides is 1. The minimum Gasteiger partial charge on any atom is -0.493 e. The highest BCUT2D eigenvalue weighted by Crippen LogP contribution is 2.39. The van der Waals surface area contributed by atoms with Crippen LogP contribution in [0.5, 0.6) is 5.75 Å². The number of anilines is 1. The summed E-state index contributed by atoms with van der Waals surface area (Å²) in [6.07, 6.45) is 5.36. The molecule has 1 unspecified atom stereocenters. The Morgan fingerprint density at radius 1 is 1.34 bits per heavy atom. The third-order valence-corrected chi connectivity index (χ3v) is 9.53. The van der Waals surface area contributed by atoms with E-state index in [-0.39, 0.29) is 0 Å². The van der Waals surface area contributed by atoms with Crippen molar-refractivity contribution in [1.82, 2.24) is 23.8 Å². The molecule has 32 heavy (non-hydrogen) atoms. The Morgan fingerprint density at radius 2 is 2.19 bits per heavy atom. The molecule has 0 saturated carbocycles. The highest BCUT2D eigenvalue weighted by molar-refractivity contribution is 14.1. The zero-order valence-corrected chi connectivity index (χ0v) is 21.3. The molecule has 5 rings (SSSR count). The van der Waals surface area contributed by atoms with Crippen molar-refractivity contribution >= 4 is 61.4 Å². The summed E-state index contributed by atoms with van der Waals surface area (Å²) < 4.78 is 34.3. The Labute approximate surface area is 204 Å². The molecule has 1 fully saturated rings. The predicted octanol–water partition coefficient (Wildman–Crippen LogP) is 2.77. The maximum atomic E-state index is 11.9. The number of aryl methyl sites for hydroxylation is 1. The van der Waals surface area contributed by atoms with E-state index in [2.05, 4.69) is 49.3 Å². The number of nitrogen functional groups attached to an aromatic ring is 1. The third-order valence-electron chi connectivity index (χ3n) is 5.95. The normalized spacial score (nSPS) is 18.9. The first-order chi connectivity index (χ1) is 15.3. The number of nitrogens with zero attached hydrogens (tertiary/aromatic N) is 5. The van der Waals surface area contributed by atoms with E-state index in [1.165, 1.54) is 18.1 Å². The molecule has 0 aliphatic carbocycles. The van der Waals surface area contributed by atoms with E-state index in [0.29, 0.717) is 42.5 Å². The molecule has 170 valence electrons. The number of hydrogen-bond donors (Lipinski definition) is 1. The summed E-state index contributed by atoms with van der Waals surface area (Å²) in [5.74, 6) is 1.58. The van der Waals surface area contributed by atoms with E-state index >= 15 is 0 Å². The third kappa shape index (κ3) is 4.29. The largest absolute Gasteiger partial charge is 0.493 e. The molecule has 1 aromatic carbocycles. The van der Waals surface area contributed by atoms with Crippen LogP contribution in [0, 0.1) is 9.49 Å². The molecule has 2 aromatic heterocycles. The fraction of sp³-hybridized carbons (Fsp3) is 0.450. The van der Waals surface area contributed by atoms with Crippen molar-refractivity contribution in [3.63, 3.8) is 0 Å². The molecule has 0 spiro atoms. The van der Waals surface area contributed by atoms with E-state index in [4.69, 9.17) is 15.5 Å². The van der Waals surface area contributed by atoms with Gasteiger partial charge in [-0.1, -0.05) is 11.8 Å². The molecule has 2 aliphatic rings. The van der Waals surface area contributed by atoms with Crippen LogP contribution in [0.15, 0.2) is 28.5 Å². The van der Waals surface area contributed by atoms with Crippen LogP contribution >= 0.6 is 34.4 Å². The second-order valence-corrected chi connectivity index (χ2v) is 12.3. The average molecular weight is 586 g/mol. The van der Waals surface area contributed by atoms with E-state index in [9.17, 15) is 8.42 Å². The monoisotopic (exact) mass is 586 g/mol. The fourth-order valence-electron chi connectivity index (χ4n) is 4.21. The van der Waals surface area contributed by atoms with Crippen molar-refractivity contribution in [2.45, 2.75) is 35.9 Å². The molecular formula is C20H23IN6O3S2. The van der Waals surface area contributed by atoms with Gasteiger partial charge in [0.2, 0.25) is 10.0 Å². The van der Waals surface area contributed by atoms with Gasteiger partial charge in [-0.25, -0.2) is 27.7 Å². The SMILES string of the molecule is CS(=O)(=O)N1CCC(CCn2c(Sc3cc4c(cc3I)CCO4)nc3c(N)ncnc32)C1. The van der Waals surface area contributed by atoms with Gasteiger partial charge in [0, 0.05) is 34.5 Å². The molecule has 2 aliphatic heterocycles. The van der Waals surface area contributed by atoms with E-state index in [0.717, 1.165) is 45.2 Å². The molecule has 12 heteroatoms. The van der Waals surface area contributed by atoms with Gasteiger partial charge in [0.05, 0.1) is 12.9 Å². The van der Waals surface area contributed by atoms with E-state index in [1.54, 1.807) is 16.1 Å². The maximum Gasteiger partial charge on any atom is 0.211 e. The second kappa shape index (κ2) is 8.61. The van der Waals surface area contributed by atoms with Crippen LogP contribution in [0.4, 0.5) is 5.82 Å². The van der Waals surface area contributed by atoms with Gasteiger partial charge in [0.1, 0.15) is 12.1 Å². The van der Waals surface area contributed by atoms with E-state index in [1.807, 2.05) is 0 Å². The highest BCUT2D eigenvalue weighted by atomic mass is 127. The minimum absolute atomic E-state index is 0.299. The van der Waals surface area contributed by atoms with Gasteiger partial charge in [-0.2, -0.15) is 0 Å². The van der Waals surface area contributed by atoms with Crippen LogP contribution in [0.1, 0.15) is 18.4 Å². The van der Waals surface area contributed by atoms with Crippen molar-refractivity contribution < 1.29 is 13.2 Å². The zero-order chi connectivity index (χ0) is 22.5. The molecule has 0 amide bonds. The summed E-state index contributed by atoms with van der Waals surface area (Å²) >= 11 is 3.91. The molecule has 0 bridgehead atoms. The number of imidazole rings is 1. The first-order valence-corrected chi connectivity index (χ1v) is 14.1. The van der Waals surface area contributed by atoms with Crippen LogP contribution < -0.4 is 10.5 Å². The zero-order valence-electron chi connectivity index (χ0n) is 17.5.